The average molecular weight is 496 g/mol. The average Bonchev–Trinajstić information content (AvgIpc) is 3.38. The first-order valence-electron chi connectivity index (χ1n) is 7.64. The Labute approximate surface area is 114 Å². The Morgan fingerprint density at radius 1 is 0.609 bits per heavy atom. The Balaban J connectivity index is 1.69. The summed E-state index contributed by atoms with van der Waals surface area (Å²) in [5.41, 5.74) is 0. The summed E-state index contributed by atoms with van der Waals surface area (Å²) in [7, 11) is -6.40. The molecule has 0 saturated carbocycles. The van der Waals surface area contributed by atoms with Crippen molar-refractivity contribution in [1.29, 1.82) is 0 Å². The van der Waals surface area contributed by atoms with Crippen molar-refractivity contribution in [1.82, 2.24) is 0 Å². The van der Waals surface area contributed by atoms with E-state index in [0.717, 1.165) is 0 Å². The molecule has 10 heterocycles. The van der Waals surface area contributed by atoms with Crippen LogP contribution in [0.4, 0.5) is 0 Å². The van der Waals surface area contributed by atoms with Gasteiger partial charge in [-0.2, -0.15) is 0 Å². The van der Waals surface area contributed by atoms with Crippen LogP contribution in [0.15, 0.2) is 0 Å². The van der Waals surface area contributed by atoms with Gasteiger partial charge < -0.3 is 0 Å². The molecule has 0 aromatic carbocycles. The third-order valence-electron chi connectivity index (χ3n) is 16.4. The summed E-state index contributed by atoms with van der Waals surface area (Å²) >= 11 is 0. The van der Waals surface area contributed by atoms with Crippen molar-refractivity contribution >= 4 is 23.9 Å². The molecule has 10 saturated heterocycles. The quantitative estimate of drug-likeness (QED) is 0.454. The van der Waals surface area contributed by atoms with E-state index in [2.05, 4.69) is 0 Å². The molecule has 10 aliphatic rings. The number of hydrogen-bond donors (Lipinski definition) is 4. The molecule has 4 unspecified atom stereocenters. The second-order valence-corrected chi connectivity index (χ2v) is 63.0. The fraction of sp³-hybridized carbons (Fsp3) is 0.714. The molecule has 4 N–H and O–H groups in total. The van der Waals surface area contributed by atoms with Gasteiger partial charge in [0.05, 0.1) is 0 Å². The van der Waals surface area contributed by atoms with E-state index >= 15 is 0 Å². The molecule has 10 aliphatic heterocycles. The van der Waals surface area contributed by atoms with Crippen LogP contribution in [0.3, 0.4) is 0 Å². The normalized spacial score (nSPS) is 100. The first-order chi connectivity index (χ1) is 10.5. The third-order valence-corrected chi connectivity index (χ3v) is 116. The number of aliphatic carboxylic acids is 4. The summed E-state index contributed by atoms with van der Waals surface area (Å²) in [5.74, 6) is -4.89. The van der Waals surface area contributed by atoms with Crippen molar-refractivity contribution in [2.75, 3.05) is 0 Å². The minimum absolute atomic E-state index is 0.0802. The number of hydrogen-bond acceptors (Lipinski definition) is 4. The monoisotopic (exact) mass is 498 g/mol. The molecule has 0 aliphatic carbocycles. The van der Waals surface area contributed by atoms with Crippen molar-refractivity contribution in [2.45, 2.75) is 42.7 Å². The minimum atomic E-state index is -6.40. The maximum absolute atomic E-state index is 12.5. The molecule has 8 nitrogen and oxygen atoms in total. The van der Waals surface area contributed by atoms with Crippen LogP contribution >= 0.6 is 0 Å². The zero-order valence-corrected chi connectivity index (χ0v) is 13.8. The first-order valence-corrected chi connectivity index (χ1v) is 21.5. The molecular weight excluding hydrogens is 486 g/mol. The van der Waals surface area contributed by atoms with E-state index in [9.17, 15) is 39.6 Å². The van der Waals surface area contributed by atoms with Crippen LogP contribution in [0.2, 0.25) is 42.7 Å². The van der Waals surface area contributed by atoms with Crippen molar-refractivity contribution in [3.8, 4) is 0 Å². The Morgan fingerprint density at radius 3 is 1.09 bits per heavy atom. The standard InChI is InChI=1S/C9H5O8.C5H5.Os/c10-6(11)2-1-3(7(12)13)5(9(16)17)4(2)8(14)15;1-2-4-5-3-1;/h1H,(H,10,11)(H,12,13)(H,14,15)(H,16,17);1-5H;. The summed E-state index contributed by atoms with van der Waals surface area (Å²) in [6.45, 7) is 0. The number of fused-ring (bicyclic) bond motifs is 10. The Hall–Kier alpha value is -1.48. The van der Waals surface area contributed by atoms with Gasteiger partial charge in [-0.3, -0.25) is 0 Å². The molecule has 0 radical (unpaired) electrons. The zero-order valence-electron chi connectivity index (χ0n) is 11.2. The van der Waals surface area contributed by atoms with E-state index in [-0.39, 0.29) is 22.4 Å². The van der Waals surface area contributed by atoms with E-state index in [0.29, 0.717) is 0 Å². The molecule has 0 amide bonds. The molecule has 9 heteroatoms. The van der Waals surface area contributed by atoms with Crippen molar-refractivity contribution in [2.24, 2.45) is 0 Å². The van der Waals surface area contributed by atoms with Crippen LogP contribution in [0.1, 0.15) is 0 Å². The van der Waals surface area contributed by atoms with Crippen LogP contribution in [-0.4, -0.2) is 44.3 Å². The van der Waals surface area contributed by atoms with Crippen LogP contribution in [-0.2, 0) is 27.1 Å². The van der Waals surface area contributed by atoms with Crippen LogP contribution in [0, 0.1) is 0 Å². The third kappa shape index (κ3) is 0.0913. The zero-order chi connectivity index (χ0) is 16.1. The van der Waals surface area contributed by atoms with Gasteiger partial charge in [-0.1, -0.05) is 0 Å². The van der Waals surface area contributed by atoms with Gasteiger partial charge >= 0.3 is 114 Å². The molecule has 122 valence electrons. The van der Waals surface area contributed by atoms with E-state index in [1.54, 1.807) is 0 Å². The molecule has 0 aromatic heterocycles. The van der Waals surface area contributed by atoms with Crippen molar-refractivity contribution in [3.63, 3.8) is 0 Å². The summed E-state index contributed by atoms with van der Waals surface area (Å²) in [4.78, 5) is 49.7. The summed E-state index contributed by atoms with van der Waals surface area (Å²) in [5, 5.41) is 40.5. The predicted molar refractivity (Wildman–Crippen MR) is 63.8 cm³/mol. The van der Waals surface area contributed by atoms with Gasteiger partial charge in [0, 0.05) is 0 Å². The summed E-state index contributed by atoms with van der Waals surface area (Å²) in [6.07, 6.45) is 0. The van der Waals surface area contributed by atoms with E-state index < -0.39 is 52.1 Å². The van der Waals surface area contributed by atoms with Crippen molar-refractivity contribution < 1.29 is 47.5 Å². The molecule has 0 aromatic rings. The number of carboxylic acid groups (broad SMARTS) is 4. The molecule has 0 bridgehead atoms. The van der Waals surface area contributed by atoms with Crippen LogP contribution < -0.4 is 0 Å². The van der Waals surface area contributed by atoms with Gasteiger partial charge in [-0.15, -0.1) is 0 Å². The Kier molecular flexibility index (Phi) is 0.347. The number of carbonyl (C=O) groups is 4. The first kappa shape index (κ1) is 9.73. The SMILES string of the molecule is O=C(O)[C]12[CH]3[C]4(C(=O)O)[C]5(C(=O)O)[C]1(C(=O)O)[Os]32451678[CH]2[CH]1[CH]6[CH]7[CH]28. The summed E-state index contributed by atoms with van der Waals surface area (Å²) < 4.78 is -7.11. The number of rotatable bonds is 4. The Morgan fingerprint density at radius 2 is 0.913 bits per heavy atom. The fourth-order valence-electron chi connectivity index (χ4n) is 19.7. The van der Waals surface area contributed by atoms with Crippen LogP contribution in [0.5, 0.6) is 0 Å². The van der Waals surface area contributed by atoms with Gasteiger partial charge in [0.25, 0.3) is 0 Å². The Bertz CT molecular complexity index is 1300. The van der Waals surface area contributed by atoms with Gasteiger partial charge in [-0.25, -0.2) is 0 Å². The van der Waals surface area contributed by atoms with Gasteiger partial charge in [0.2, 0.25) is 0 Å². The van der Waals surface area contributed by atoms with Gasteiger partial charge in [0.1, 0.15) is 0 Å². The van der Waals surface area contributed by atoms with E-state index in [4.69, 9.17) is 0 Å². The maximum atomic E-state index is 12.5. The van der Waals surface area contributed by atoms with Crippen LogP contribution in [0.25, 0.3) is 0 Å². The molecular formula is C14H10O8Os. The molecule has 23 heavy (non-hydrogen) atoms. The van der Waals surface area contributed by atoms with Crippen molar-refractivity contribution in [3.05, 3.63) is 0 Å². The number of carboxylic acids is 4. The molecule has 10 fully saturated rings. The molecule has 10 rings (SSSR count). The second kappa shape index (κ2) is 0.822. The summed E-state index contributed by atoms with van der Waals surface area (Å²) in [6, 6.07) is 0. The van der Waals surface area contributed by atoms with E-state index in [1.807, 2.05) is 0 Å². The van der Waals surface area contributed by atoms with E-state index in [1.165, 1.54) is 0 Å². The topological polar surface area (TPSA) is 149 Å². The second-order valence-electron chi connectivity index (χ2n) is 11.1. The molecule has 4 atom stereocenters. The van der Waals surface area contributed by atoms with Gasteiger partial charge in [-0.05, 0) is 0 Å². The molecule has 1 spiro atoms. The van der Waals surface area contributed by atoms with Gasteiger partial charge in [0.15, 0.2) is 0 Å². The fourth-order valence-corrected chi connectivity index (χ4v) is 245. The predicted octanol–water partition coefficient (Wildman–Crippen LogP) is 1.19.